The molecule has 0 unspecified atom stereocenters. The van der Waals surface area contributed by atoms with E-state index in [1.807, 2.05) is 80.6 Å². The van der Waals surface area contributed by atoms with Crippen molar-refractivity contribution in [2.24, 2.45) is 4.99 Å². The Kier molecular flexibility index (Phi) is 6.24. The highest BCUT2D eigenvalue weighted by atomic mass is 35.5. The van der Waals surface area contributed by atoms with Crippen LogP contribution in [0.25, 0.3) is 0 Å². The average molecular weight is 460 g/mol. The second-order valence-corrected chi connectivity index (χ2v) is 8.76. The first kappa shape index (κ1) is 21.0. The molecule has 30 heavy (non-hydrogen) atoms. The Morgan fingerprint density at radius 2 is 1.37 bits per heavy atom. The fourth-order valence-corrected chi connectivity index (χ4v) is 3.94. The largest absolute Gasteiger partial charge is 0.490 e. The van der Waals surface area contributed by atoms with Crippen LogP contribution in [0, 0.1) is 0 Å². The smallest absolute Gasteiger partial charge is 0.133 e. The van der Waals surface area contributed by atoms with E-state index in [0.717, 1.165) is 22.5 Å². The summed E-state index contributed by atoms with van der Waals surface area (Å²) in [5.41, 5.74) is 3.05. The maximum absolute atomic E-state index is 6.22. The van der Waals surface area contributed by atoms with Crippen molar-refractivity contribution in [1.82, 2.24) is 5.32 Å². The van der Waals surface area contributed by atoms with Crippen molar-refractivity contribution in [3.63, 3.8) is 0 Å². The Bertz CT molecular complexity index is 1060. The Labute approximate surface area is 191 Å². The molecule has 0 saturated heterocycles. The minimum Gasteiger partial charge on any atom is -0.490 e. The summed E-state index contributed by atoms with van der Waals surface area (Å²) >= 11 is 18.4. The van der Waals surface area contributed by atoms with Gasteiger partial charge < -0.3 is 10.1 Å². The van der Waals surface area contributed by atoms with Gasteiger partial charge in [0.25, 0.3) is 0 Å². The van der Waals surface area contributed by atoms with Gasteiger partial charge in [-0.25, -0.2) is 0 Å². The summed E-state index contributed by atoms with van der Waals surface area (Å²) in [6.45, 7) is 3.98. The van der Waals surface area contributed by atoms with Gasteiger partial charge in [0.2, 0.25) is 0 Å². The van der Waals surface area contributed by atoms with E-state index in [1.54, 1.807) is 0 Å². The lowest BCUT2D eigenvalue weighted by molar-refractivity contribution is 0.242. The number of ether oxygens (including phenoxy) is 1. The van der Waals surface area contributed by atoms with Crippen LogP contribution in [0.4, 0.5) is 0 Å². The summed E-state index contributed by atoms with van der Waals surface area (Å²) in [5.74, 6) is 1.47. The molecular weight excluding hydrogens is 439 g/mol. The minimum absolute atomic E-state index is 0.0170. The molecule has 0 bridgehead atoms. The fraction of sp³-hybridized carbons (Fsp3) is 0.208. The van der Waals surface area contributed by atoms with Gasteiger partial charge in [0.05, 0.1) is 17.7 Å². The lowest BCUT2D eigenvalue weighted by Crippen LogP contribution is -2.25. The maximum Gasteiger partial charge on any atom is 0.133 e. The van der Waals surface area contributed by atoms with Gasteiger partial charge >= 0.3 is 0 Å². The fourth-order valence-electron chi connectivity index (χ4n) is 3.53. The van der Waals surface area contributed by atoms with E-state index >= 15 is 0 Å². The standard InChI is InChI=1S/C24H21Cl3N2O/c1-14(2)30-21-13-19(27)11-12-20(21)24-28-22(15-3-7-17(25)8-4-15)23(29-24)16-5-9-18(26)10-6-16/h3-14,22-23H,1-2H3,(H,28,29)/t22-,23+. The molecule has 154 valence electrons. The van der Waals surface area contributed by atoms with Crippen molar-refractivity contribution in [3.05, 3.63) is 98.5 Å². The van der Waals surface area contributed by atoms with Crippen molar-refractivity contribution in [2.45, 2.75) is 32.0 Å². The highest BCUT2D eigenvalue weighted by Crippen LogP contribution is 2.39. The first-order valence-corrected chi connectivity index (χ1v) is 10.9. The molecule has 4 rings (SSSR count). The highest BCUT2D eigenvalue weighted by Gasteiger charge is 2.33. The number of amidine groups is 1. The third-order valence-electron chi connectivity index (χ3n) is 4.88. The Morgan fingerprint density at radius 1 is 0.800 bits per heavy atom. The van der Waals surface area contributed by atoms with Gasteiger partial charge in [-0.3, -0.25) is 4.99 Å². The van der Waals surface area contributed by atoms with Crippen LogP contribution in [0.5, 0.6) is 5.75 Å². The molecule has 1 heterocycles. The van der Waals surface area contributed by atoms with Crippen LogP contribution in [0.2, 0.25) is 15.1 Å². The van der Waals surface area contributed by atoms with Crippen LogP contribution in [-0.4, -0.2) is 11.9 Å². The number of aliphatic imine (C=N–C) groups is 1. The van der Waals surface area contributed by atoms with Crippen molar-refractivity contribution in [1.29, 1.82) is 0 Å². The number of benzene rings is 3. The molecule has 0 spiro atoms. The number of nitrogens with one attached hydrogen (secondary N) is 1. The molecule has 1 aliphatic rings. The zero-order valence-electron chi connectivity index (χ0n) is 16.6. The Morgan fingerprint density at radius 3 is 1.97 bits per heavy atom. The zero-order valence-corrected chi connectivity index (χ0v) is 18.8. The van der Waals surface area contributed by atoms with E-state index in [4.69, 9.17) is 44.5 Å². The molecule has 0 radical (unpaired) electrons. The molecular formula is C24H21Cl3N2O. The second-order valence-electron chi connectivity index (χ2n) is 7.45. The van der Waals surface area contributed by atoms with Crippen LogP contribution in [0.3, 0.4) is 0 Å². The third-order valence-corrected chi connectivity index (χ3v) is 5.62. The molecule has 3 aromatic rings. The average Bonchev–Trinajstić information content (AvgIpc) is 3.14. The molecule has 0 saturated carbocycles. The van der Waals surface area contributed by atoms with Gasteiger partial charge in [-0.15, -0.1) is 0 Å². The van der Waals surface area contributed by atoms with Crippen molar-refractivity contribution in [2.75, 3.05) is 0 Å². The number of hydrogen-bond donors (Lipinski definition) is 1. The van der Waals surface area contributed by atoms with Crippen molar-refractivity contribution in [3.8, 4) is 5.75 Å². The van der Waals surface area contributed by atoms with Gasteiger partial charge in [-0.1, -0.05) is 59.1 Å². The maximum atomic E-state index is 6.22. The lowest BCUT2D eigenvalue weighted by atomic mass is 9.95. The molecule has 0 aliphatic carbocycles. The summed E-state index contributed by atoms with van der Waals surface area (Å²) < 4.78 is 6.01. The van der Waals surface area contributed by atoms with E-state index in [2.05, 4.69) is 5.32 Å². The quantitative estimate of drug-likeness (QED) is 0.435. The van der Waals surface area contributed by atoms with Gasteiger partial charge in [0, 0.05) is 15.1 Å². The highest BCUT2D eigenvalue weighted by molar-refractivity contribution is 6.31. The number of nitrogens with zero attached hydrogens (tertiary/aromatic N) is 1. The van der Waals surface area contributed by atoms with Crippen LogP contribution in [0.15, 0.2) is 71.7 Å². The van der Waals surface area contributed by atoms with E-state index in [-0.39, 0.29) is 18.2 Å². The van der Waals surface area contributed by atoms with E-state index in [1.165, 1.54) is 0 Å². The molecule has 0 aromatic heterocycles. The Balaban J connectivity index is 1.77. The molecule has 0 fully saturated rings. The first-order valence-electron chi connectivity index (χ1n) is 9.72. The number of rotatable bonds is 5. The van der Waals surface area contributed by atoms with E-state index in [0.29, 0.717) is 20.8 Å². The molecule has 3 nitrogen and oxygen atoms in total. The number of hydrogen-bond acceptors (Lipinski definition) is 3. The zero-order chi connectivity index (χ0) is 21.3. The summed E-state index contributed by atoms with van der Waals surface area (Å²) in [7, 11) is 0. The summed E-state index contributed by atoms with van der Waals surface area (Å²) in [4.78, 5) is 5.04. The van der Waals surface area contributed by atoms with Gasteiger partial charge in [0.1, 0.15) is 17.6 Å². The molecule has 1 aliphatic heterocycles. The van der Waals surface area contributed by atoms with Crippen molar-refractivity contribution < 1.29 is 4.74 Å². The lowest BCUT2D eigenvalue weighted by Gasteiger charge is -2.20. The molecule has 3 aromatic carbocycles. The monoisotopic (exact) mass is 458 g/mol. The van der Waals surface area contributed by atoms with Crippen LogP contribution in [-0.2, 0) is 0 Å². The van der Waals surface area contributed by atoms with Gasteiger partial charge in [-0.05, 0) is 67.4 Å². The topological polar surface area (TPSA) is 33.6 Å². The van der Waals surface area contributed by atoms with Gasteiger partial charge in [-0.2, -0.15) is 0 Å². The number of halogens is 3. The SMILES string of the molecule is CC(C)Oc1cc(Cl)ccc1C1=N[C@@H](c2ccc(Cl)cc2)[C@@H](c2ccc(Cl)cc2)N1. The summed E-state index contributed by atoms with van der Waals surface area (Å²) in [6.07, 6.45) is 0.0170. The summed E-state index contributed by atoms with van der Waals surface area (Å²) in [6, 6.07) is 21.1. The summed E-state index contributed by atoms with van der Waals surface area (Å²) in [5, 5.41) is 5.61. The van der Waals surface area contributed by atoms with E-state index in [9.17, 15) is 0 Å². The first-order chi connectivity index (χ1) is 14.4. The molecule has 1 N–H and O–H groups in total. The predicted molar refractivity (Wildman–Crippen MR) is 125 cm³/mol. The molecule has 2 atom stereocenters. The Hall–Kier alpha value is -2.20. The predicted octanol–water partition coefficient (Wildman–Crippen LogP) is 7.27. The van der Waals surface area contributed by atoms with Crippen molar-refractivity contribution >= 4 is 40.6 Å². The van der Waals surface area contributed by atoms with Gasteiger partial charge in [0.15, 0.2) is 0 Å². The third kappa shape index (κ3) is 4.59. The second kappa shape index (κ2) is 8.89. The minimum atomic E-state index is -0.124. The van der Waals surface area contributed by atoms with E-state index < -0.39 is 0 Å². The molecule has 6 heteroatoms. The van der Waals surface area contributed by atoms with Crippen LogP contribution < -0.4 is 10.1 Å². The van der Waals surface area contributed by atoms with Crippen LogP contribution >= 0.6 is 34.8 Å². The van der Waals surface area contributed by atoms with Crippen LogP contribution in [0.1, 0.15) is 42.6 Å². The normalized spacial score (nSPS) is 18.3. The molecule has 0 amide bonds.